The maximum absolute atomic E-state index is 12.0. The molecule has 0 radical (unpaired) electrons. The van der Waals surface area contributed by atoms with Gasteiger partial charge < -0.3 is 10.2 Å². The number of carbonyl (C=O) groups is 6. The summed E-state index contributed by atoms with van der Waals surface area (Å²) in [7, 11) is 0. The van der Waals surface area contributed by atoms with E-state index in [1.807, 2.05) is 0 Å². The molecule has 1 atom stereocenters. The van der Waals surface area contributed by atoms with Crippen LogP contribution in [0.2, 0.25) is 0 Å². The van der Waals surface area contributed by atoms with E-state index in [0.717, 1.165) is 17.1 Å². The maximum atomic E-state index is 12.0. The summed E-state index contributed by atoms with van der Waals surface area (Å²) in [6, 6.07) is -0.898. The Morgan fingerprint density at radius 2 is 1.63 bits per heavy atom. The third-order valence-corrected chi connectivity index (χ3v) is 4.17. The van der Waals surface area contributed by atoms with Gasteiger partial charge in [-0.05, 0) is 19.8 Å². The van der Waals surface area contributed by atoms with Gasteiger partial charge in [-0.25, -0.2) is 4.79 Å². The molecule has 2 rings (SSSR count). The fraction of sp³-hybridized carbons (Fsp3) is 0.529. The summed E-state index contributed by atoms with van der Waals surface area (Å²) in [6.45, 7) is 1.79. The average molecular weight is 379 g/mol. The van der Waals surface area contributed by atoms with Gasteiger partial charge in [-0.2, -0.15) is 0 Å². The SMILES string of the molecule is CC(C(=O)NCCCCCC(=O)ON1C(=O)CCC1=O)N1C(=O)C=CC1=O. The number of nitrogens with one attached hydrogen (secondary N) is 1. The van der Waals surface area contributed by atoms with E-state index in [1.165, 1.54) is 6.92 Å². The molecule has 0 aromatic heterocycles. The van der Waals surface area contributed by atoms with Gasteiger partial charge in [0.15, 0.2) is 0 Å². The predicted octanol–water partition coefficient (Wildman–Crippen LogP) is -0.416. The minimum absolute atomic E-state index is 0.0455. The first-order valence-electron chi connectivity index (χ1n) is 8.70. The van der Waals surface area contributed by atoms with E-state index in [-0.39, 0.29) is 19.3 Å². The molecule has 2 aliphatic rings. The van der Waals surface area contributed by atoms with Crippen molar-refractivity contribution in [3.63, 3.8) is 0 Å². The smallest absolute Gasteiger partial charge is 0.333 e. The first-order valence-corrected chi connectivity index (χ1v) is 8.70. The second kappa shape index (κ2) is 9.06. The highest BCUT2D eigenvalue weighted by molar-refractivity contribution is 6.15. The summed E-state index contributed by atoms with van der Waals surface area (Å²) in [6.07, 6.45) is 4.03. The largest absolute Gasteiger partial charge is 0.354 e. The number of hydroxylamine groups is 2. The van der Waals surface area contributed by atoms with Crippen LogP contribution < -0.4 is 5.32 Å². The van der Waals surface area contributed by atoms with Crippen molar-refractivity contribution >= 4 is 35.5 Å². The number of rotatable bonds is 9. The number of carbonyl (C=O) groups excluding carboxylic acids is 6. The monoisotopic (exact) mass is 379 g/mol. The first kappa shape index (κ1) is 20.3. The summed E-state index contributed by atoms with van der Waals surface area (Å²) in [5.41, 5.74) is 0. The van der Waals surface area contributed by atoms with Crippen molar-refractivity contribution in [1.82, 2.24) is 15.3 Å². The molecule has 1 fully saturated rings. The molecule has 1 unspecified atom stereocenters. The molecule has 0 aromatic carbocycles. The molecule has 0 aliphatic carbocycles. The first-order chi connectivity index (χ1) is 12.8. The summed E-state index contributed by atoms with van der Waals surface area (Å²) in [5, 5.41) is 3.15. The minimum atomic E-state index is -0.898. The number of imide groups is 2. The number of hydrogen-bond donors (Lipinski definition) is 1. The Hall–Kier alpha value is -3.04. The van der Waals surface area contributed by atoms with Crippen LogP contribution in [0.5, 0.6) is 0 Å². The van der Waals surface area contributed by atoms with Crippen LogP contribution in [0.15, 0.2) is 12.2 Å². The molecule has 10 nitrogen and oxygen atoms in total. The van der Waals surface area contributed by atoms with E-state index in [4.69, 9.17) is 4.84 Å². The van der Waals surface area contributed by atoms with Gasteiger partial charge in [0.1, 0.15) is 6.04 Å². The van der Waals surface area contributed by atoms with Gasteiger partial charge in [0.05, 0.1) is 0 Å². The third kappa shape index (κ3) is 5.22. The van der Waals surface area contributed by atoms with Crippen molar-refractivity contribution in [2.24, 2.45) is 0 Å². The molecule has 0 spiro atoms. The van der Waals surface area contributed by atoms with Crippen LogP contribution >= 0.6 is 0 Å². The van der Waals surface area contributed by atoms with Gasteiger partial charge >= 0.3 is 5.97 Å². The molecule has 0 saturated carbocycles. The predicted molar refractivity (Wildman–Crippen MR) is 89.1 cm³/mol. The number of unbranched alkanes of at least 4 members (excludes halogenated alkanes) is 2. The van der Waals surface area contributed by atoms with Crippen LogP contribution in [0, 0.1) is 0 Å². The van der Waals surface area contributed by atoms with Crippen molar-refractivity contribution in [3.8, 4) is 0 Å². The Morgan fingerprint density at radius 3 is 2.22 bits per heavy atom. The minimum Gasteiger partial charge on any atom is -0.354 e. The van der Waals surface area contributed by atoms with Crippen LogP contribution in [-0.2, 0) is 33.6 Å². The lowest BCUT2D eigenvalue weighted by Gasteiger charge is -2.21. The standard InChI is InChI=1S/C17H21N3O7/c1-11(19-12(21)6-7-13(19)22)17(26)18-10-4-2-3-5-16(25)27-20-14(23)8-9-15(20)24/h6-7,11H,2-5,8-10H2,1H3,(H,18,26). The zero-order chi connectivity index (χ0) is 20.0. The maximum Gasteiger partial charge on any atom is 0.333 e. The van der Waals surface area contributed by atoms with E-state index in [0.29, 0.717) is 30.9 Å². The van der Waals surface area contributed by atoms with Gasteiger partial charge in [-0.3, -0.25) is 28.9 Å². The molecule has 10 heteroatoms. The lowest BCUT2D eigenvalue weighted by atomic mass is 10.2. The molecule has 1 saturated heterocycles. The molecule has 0 aromatic rings. The Balaban J connectivity index is 1.58. The van der Waals surface area contributed by atoms with Crippen molar-refractivity contribution in [2.45, 2.75) is 51.5 Å². The highest BCUT2D eigenvalue weighted by Gasteiger charge is 2.33. The fourth-order valence-corrected chi connectivity index (χ4v) is 2.65. The van der Waals surface area contributed by atoms with Crippen LogP contribution in [0.3, 0.4) is 0 Å². The van der Waals surface area contributed by atoms with Gasteiger partial charge in [-0.15, -0.1) is 5.06 Å². The van der Waals surface area contributed by atoms with Crippen LogP contribution in [0.1, 0.15) is 45.4 Å². The van der Waals surface area contributed by atoms with Crippen molar-refractivity contribution < 1.29 is 33.6 Å². The lowest BCUT2D eigenvalue weighted by molar-refractivity contribution is -0.197. The molecular weight excluding hydrogens is 358 g/mol. The fourth-order valence-electron chi connectivity index (χ4n) is 2.65. The van der Waals surface area contributed by atoms with E-state index < -0.39 is 41.5 Å². The van der Waals surface area contributed by atoms with Gasteiger partial charge in [0, 0.05) is 38.0 Å². The summed E-state index contributed by atoms with van der Waals surface area (Å²) < 4.78 is 0. The third-order valence-electron chi connectivity index (χ3n) is 4.17. The van der Waals surface area contributed by atoms with Gasteiger partial charge in [-0.1, -0.05) is 6.42 Å². The topological polar surface area (TPSA) is 130 Å². The molecule has 5 amide bonds. The van der Waals surface area contributed by atoms with Crippen molar-refractivity contribution in [1.29, 1.82) is 0 Å². The van der Waals surface area contributed by atoms with Crippen LogP contribution in [0.4, 0.5) is 0 Å². The average Bonchev–Trinajstić information content (AvgIpc) is 3.12. The van der Waals surface area contributed by atoms with Crippen molar-refractivity contribution in [3.05, 3.63) is 12.2 Å². The molecule has 1 N–H and O–H groups in total. The Kier molecular flexibility index (Phi) is 6.80. The second-order valence-corrected chi connectivity index (χ2v) is 6.20. The lowest BCUT2D eigenvalue weighted by Crippen LogP contribution is -2.48. The second-order valence-electron chi connectivity index (χ2n) is 6.20. The zero-order valence-corrected chi connectivity index (χ0v) is 14.9. The van der Waals surface area contributed by atoms with Crippen LogP contribution in [0.25, 0.3) is 0 Å². The van der Waals surface area contributed by atoms with E-state index in [9.17, 15) is 28.8 Å². The van der Waals surface area contributed by atoms with Crippen LogP contribution in [-0.4, -0.2) is 58.1 Å². The molecular formula is C17H21N3O7. The molecule has 2 aliphatic heterocycles. The number of nitrogens with zero attached hydrogens (tertiary/aromatic N) is 2. The van der Waals surface area contributed by atoms with Crippen molar-refractivity contribution in [2.75, 3.05) is 6.54 Å². The van der Waals surface area contributed by atoms with E-state index in [2.05, 4.69) is 5.32 Å². The summed E-state index contributed by atoms with van der Waals surface area (Å²) >= 11 is 0. The summed E-state index contributed by atoms with van der Waals surface area (Å²) in [5.74, 6) is -3.17. The number of hydrogen-bond acceptors (Lipinski definition) is 7. The van der Waals surface area contributed by atoms with E-state index in [1.54, 1.807) is 0 Å². The Bertz CT molecular complexity index is 667. The molecule has 146 valence electrons. The summed E-state index contributed by atoms with van der Waals surface area (Å²) in [4.78, 5) is 74.9. The highest BCUT2D eigenvalue weighted by Crippen LogP contribution is 2.13. The Morgan fingerprint density at radius 1 is 1.04 bits per heavy atom. The highest BCUT2D eigenvalue weighted by atomic mass is 16.7. The quantitative estimate of drug-likeness (QED) is 0.425. The van der Waals surface area contributed by atoms with Gasteiger partial charge in [0.25, 0.3) is 23.6 Å². The normalized spacial score (nSPS) is 17.7. The molecule has 2 heterocycles. The Labute approximate surface area is 155 Å². The van der Waals surface area contributed by atoms with Gasteiger partial charge in [0.2, 0.25) is 5.91 Å². The van der Waals surface area contributed by atoms with E-state index >= 15 is 0 Å². The molecule has 27 heavy (non-hydrogen) atoms. The zero-order valence-electron chi connectivity index (χ0n) is 14.9. The number of amides is 5. The molecule has 0 bridgehead atoms.